The Kier molecular flexibility index (Phi) is 3.75. The van der Waals surface area contributed by atoms with Gasteiger partial charge < -0.3 is 14.2 Å². The van der Waals surface area contributed by atoms with Gasteiger partial charge in [0.2, 0.25) is 0 Å². The van der Waals surface area contributed by atoms with Crippen molar-refractivity contribution in [1.82, 2.24) is 0 Å². The maximum absolute atomic E-state index is 11.8. The van der Waals surface area contributed by atoms with E-state index in [1.165, 1.54) is 7.11 Å². The number of fused-ring (bicyclic) bond motifs is 1. The molecule has 0 saturated heterocycles. The fourth-order valence-corrected chi connectivity index (χ4v) is 2.72. The van der Waals surface area contributed by atoms with E-state index in [0.29, 0.717) is 5.56 Å². The van der Waals surface area contributed by atoms with Crippen LogP contribution in [0.2, 0.25) is 0 Å². The van der Waals surface area contributed by atoms with Gasteiger partial charge in [0, 0.05) is 6.42 Å². The lowest BCUT2D eigenvalue weighted by atomic mass is 10.00. The van der Waals surface area contributed by atoms with Crippen molar-refractivity contribution in [2.24, 2.45) is 0 Å². The molecule has 2 aromatic rings. The van der Waals surface area contributed by atoms with Crippen LogP contribution in [0.15, 0.2) is 36.4 Å². The molecule has 1 aliphatic rings. The molecule has 1 unspecified atom stereocenters. The van der Waals surface area contributed by atoms with Crippen LogP contribution in [0, 0.1) is 6.92 Å². The highest BCUT2D eigenvalue weighted by Crippen LogP contribution is 2.38. The number of carbonyl (C=O) groups excluding carboxylic acids is 1. The maximum atomic E-state index is 11.8. The van der Waals surface area contributed by atoms with Gasteiger partial charge in [-0.1, -0.05) is 12.1 Å². The van der Waals surface area contributed by atoms with Gasteiger partial charge in [-0.25, -0.2) is 4.79 Å². The van der Waals surface area contributed by atoms with Gasteiger partial charge in [0.25, 0.3) is 0 Å². The smallest absolute Gasteiger partial charge is 0.338 e. The maximum Gasteiger partial charge on any atom is 0.338 e. The van der Waals surface area contributed by atoms with E-state index in [2.05, 4.69) is 0 Å². The molecule has 0 N–H and O–H groups in total. The summed E-state index contributed by atoms with van der Waals surface area (Å²) in [6.07, 6.45) is 0.708. The summed E-state index contributed by atoms with van der Waals surface area (Å²) < 4.78 is 16.0. The number of methoxy groups -OCH3 is 2. The fourth-order valence-electron chi connectivity index (χ4n) is 2.72. The van der Waals surface area contributed by atoms with Gasteiger partial charge in [-0.3, -0.25) is 0 Å². The minimum atomic E-state index is -0.312. The van der Waals surface area contributed by atoms with Crippen LogP contribution in [0.1, 0.15) is 33.2 Å². The Labute approximate surface area is 129 Å². The molecule has 0 aliphatic carbocycles. The quantitative estimate of drug-likeness (QED) is 0.814. The van der Waals surface area contributed by atoms with Crippen LogP contribution in [0.3, 0.4) is 0 Å². The predicted molar refractivity (Wildman–Crippen MR) is 82.6 cm³/mol. The second-order valence-corrected chi connectivity index (χ2v) is 5.35. The minimum absolute atomic E-state index is 0.0341. The number of ether oxygens (including phenoxy) is 3. The third kappa shape index (κ3) is 2.52. The molecule has 3 rings (SSSR count). The number of hydrogen-bond acceptors (Lipinski definition) is 4. The zero-order chi connectivity index (χ0) is 15.7. The second kappa shape index (κ2) is 5.72. The Morgan fingerprint density at radius 3 is 2.55 bits per heavy atom. The first-order valence-corrected chi connectivity index (χ1v) is 7.15. The third-order valence-corrected chi connectivity index (χ3v) is 3.97. The molecule has 4 heteroatoms. The molecule has 114 valence electrons. The summed E-state index contributed by atoms with van der Waals surface area (Å²) in [5, 5.41) is 0. The van der Waals surface area contributed by atoms with E-state index >= 15 is 0 Å². The summed E-state index contributed by atoms with van der Waals surface area (Å²) in [5.41, 5.74) is 3.59. The summed E-state index contributed by atoms with van der Waals surface area (Å²) in [7, 11) is 3.04. The molecule has 0 saturated carbocycles. The Morgan fingerprint density at radius 1 is 1.18 bits per heavy atom. The lowest BCUT2D eigenvalue weighted by Crippen LogP contribution is -2.04. The van der Waals surface area contributed by atoms with Crippen LogP contribution in [0.5, 0.6) is 11.5 Å². The standard InChI is InChI=1S/C18H18O4/c1-11-8-16-13(9-15(11)18(19)21-3)10-17(22-16)12-4-6-14(20-2)7-5-12/h4-9,17H,10H2,1-3H3. The molecule has 1 heterocycles. The van der Waals surface area contributed by atoms with Crippen LogP contribution in [-0.2, 0) is 11.2 Å². The van der Waals surface area contributed by atoms with E-state index in [9.17, 15) is 4.79 Å². The van der Waals surface area contributed by atoms with Gasteiger partial charge in [-0.2, -0.15) is 0 Å². The first kappa shape index (κ1) is 14.4. The SMILES string of the molecule is COC(=O)c1cc2c(cc1C)OC(c1ccc(OC)cc1)C2. The van der Waals surface area contributed by atoms with Gasteiger partial charge in [-0.05, 0) is 47.9 Å². The molecule has 0 radical (unpaired) electrons. The monoisotopic (exact) mass is 298 g/mol. The minimum Gasteiger partial charge on any atom is -0.497 e. The van der Waals surface area contributed by atoms with E-state index < -0.39 is 0 Å². The Hall–Kier alpha value is -2.49. The van der Waals surface area contributed by atoms with Crippen LogP contribution >= 0.6 is 0 Å². The molecule has 0 amide bonds. The van der Waals surface area contributed by atoms with E-state index in [4.69, 9.17) is 14.2 Å². The third-order valence-electron chi connectivity index (χ3n) is 3.97. The summed E-state index contributed by atoms with van der Waals surface area (Å²) in [6.45, 7) is 1.89. The predicted octanol–water partition coefficient (Wildman–Crippen LogP) is 3.47. The molecule has 2 aromatic carbocycles. The topological polar surface area (TPSA) is 44.8 Å². The highest BCUT2D eigenvalue weighted by molar-refractivity contribution is 5.91. The fraction of sp³-hybridized carbons (Fsp3) is 0.278. The van der Waals surface area contributed by atoms with Crippen molar-refractivity contribution in [1.29, 1.82) is 0 Å². The molecular weight excluding hydrogens is 280 g/mol. The average Bonchev–Trinajstić information content (AvgIpc) is 2.96. The Morgan fingerprint density at radius 2 is 1.91 bits per heavy atom. The molecule has 0 aromatic heterocycles. The Bertz CT molecular complexity index is 704. The van der Waals surface area contributed by atoms with E-state index in [1.54, 1.807) is 7.11 Å². The first-order chi connectivity index (χ1) is 10.6. The van der Waals surface area contributed by atoms with Crippen LogP contribution < -0.4 is 9.47 Å². The van der Waals surface area contributed by atoms with E-state index in [1.807, 2.05) is 43.3 Å². The zero-order valence-electron chi connectivity index (χ0n) is 12.9. The van der Waals surface area contributed by atoms with Crippen molar-refractivity contribution in [3.63, 3.8) is 0 Å². The average molecular weight is 298 g/mol. The molecule has 0 spiro atoms. The lowest BCUT2D eigenvalue weighted by Gasteiger charge is -2.11. The van der Waals surface area contributed by atoms with Crippen molar-refractivity contribution in [2.45, 2.75) is 19.4 Å². The first-order valence-electron chi connectivity index (χ1n) is 7.15. The molecule has 0 fully saturated rings. The number of hydrogen-bond donors (Lipinski definition) is 0. The number of aryl methyl sites for hydroxylation is 1. The summed E-state index contributed by atoms with van der Waals surface area (Å²) in [6, 6.07) is 11.6. The number of carbonyl (C=O) groups is 1. The number of esters is 1. The van der Waals surface area contributed by atoms with Gasteiger partial charge in [0.05, 0.1) is 19.8 Å². The van der Waals surface area contributed by atoms with E-state index in [0.717, 1.165) is 34.6 Å². The molecule has 1 atom stereocenters. The van der Waals surface area contributed by atoms with Crippen molar-refractivity contribution in [3.05, 3.63) is 58.7 Å². The van der Waals surface area contributed by atoms with Crippen molar-refractivity contribution in [3.8, 4) is 11.5 Å². The van der Waals surface area contributed by atoms with Crippen molar-refractivity contribution in [2.75, 3.05) is 14.2 Å². The zero-order valence-corrected chi connectivity index (χ0v) is 12.9. The molecule has 22 heavy (non-hydrogen) atoms. The van der Waals surface area contributed by atoms with Crippen LogP contribution in [-0.4, -0.2) is 20.2 Å². The van der Waals surface area contributed by atoms with Gasteiger partial charge in [0.15, 0.2) is 0 Å². The lowest BCUT2D eigenvalue weighted by molar-refractivity contribution is 0.0600. The summed E-state index contributed by atoms with van der Waals surface area (Å²) in [4.78, 5) is 11.8. The Balaban J connectivity index is 1.87. The van der Waals surface area contributed by atoms with Gasteiger partial charge >= 0.3 is 5.97 Å². The molecular formula is C18H18O4. The van der Waals surface area contributed by atoms with Gasteiger partial charge in [0.1, 0.15) is 17.6 Å². The molecule has 4 nitrogen and oxygen atoms in total. The highest BCUT2D eigenvalue weighted by atomic mass is 16.5. The highest BCUT2D eigenvalue weighted by Gasteiger charge is 2.26. The molecule has 0 bridgehead atoms. The van der Waals surface area contributed by atoms with Crippen molar-refractivity contribution >= 4 is 5.97 Å². The van der Waals surface area contributed by atoms with Gasteiger partial charge in [-0.15, -0.1) is 0 Å². The van der Waals surface area contributed by atoms with Crippen LogP contribution in [0.25, 0.3) is 0 Å². The summed E-state index contributed by atoms with van der Waals surface area (Å²) in [5.74, 6) is 1.35. The number of benzene rings is 2. The molecule has 1 aliphatic heterocycles. The second-order valence-electron chi connectivity index (χ2n) is 5.35. The summed E-state index contributed by atoms with van der Waals surface area (Å²) >= 11 is 0. The van der Waals surface area contributed by atoms with Crippen LogP contribution in [0.4, 0.5) is 0 Å². The van der Waals surface area contributed by atoms with Crippen molar-refractivity contribution < 1.29 is 19.0 Å². The normalized spacial score (nSPS) is 15.9. The largest absolute Gasteiger partial charge is 0.497 e. The number of rotatable bonds is 3. The van der Waals surface area contributed by atoms with E-state index in [-0.39, 0.29) is 12.1 Å².